The molecule has 2 N–H and O–H groups in total. The van der Waals surface area contributed by atoms with Crippen LogP contribution in [0, 0.1) is 10.8 Å². The maximum absolute atomic E-state index is 5.14. The Morgan fingerprint density at radius 3 is 2.25 bits per heavy atom. The summed E-state index contributed by atoms with van der Waals surface area (Å²) < 4.78 is 0. The highest BCUT2D eigenvalue weighted by molar-refractivity contribution is 4.97. The Balaban J connectivity index is 2.63. The summed E-state index contributed by atoms with van der Waals surface area (Å²) in [6, 6.07) is 0. The maximum atomic E-state index is 5.14. The van der Waals surface area contributed by atoms with E-state index in [2.05, 4.69) is 20.8 Å². The first kappa shape index (κ1) is 10.0. The van der Waals surface area contributed by atoms with E-state index in [0.29, 0.717) is 12.0 Å². The second-order valence-electron chi connectivity index (χ2n) is 4.68. The van der Waals surface area contributed by atoms with E-state index in [1.54, 1.807) is 0 Å². The molecular weight excluding hydrogens is 150 g/mol. The SMILES string of the molecule is CCC1(C(C)(C)CON)CCC1. The van der Waals surface area contributed by atoms with E-state index in [-0.39, 0.29) is 5.41 Å². The Bertz CT molecular complexity index is 144. The van der Waals surface area contributed by atoms with E-state index in [0.717, 1.165) is 0 Å². The number of nitrogens with two attached hydrogens (primary N) is 1. The van der Waals surface area contributed by atoms with Crippen molar-refractivity contribution >= 4 is 0 Å². The molecule has 0 bridgehead atoms. The standard InChI is InChI=1S/C10H21NO/c1-4-10(6-5-7-10)9(2,3)8-12-11/h4-8,11H2,1-3H3. The first-order valence-electron chi connectivity index (χ1n) is 4.90. The predicted molar refractivity (Wildman–Crippen MR) is 50.5 cm³/mol. The van der Waals surface area contributed by atoms with Gasteiger partial charge in [-0.25, -0.2) is 5.90 Å². The molecule has 0 aliphatic heterocycles. The molecule has 0 unspecified atom stereocenters. The number of hydrogen-bond donors (Lipinski definition) is 1. The van der Waals surface area contributed by atoms with Crippen LogP contribution in [-0.4, -0.2) is 6.61 Å². The first-order chi connectivity index (χ1) is 5.58. The van der Waals surface area contributed by atoms with Crippen molar-refractivity contribution in [2.45, 2.75) is 46.5 Å². The molecule has 1 rings (SSSR count). The van der Waals surface area contributed by atoms with Gasteiger partial charge in [-0.3, -0.25) is 0 Å². The third-order valence-electron chi connectivity index (χ3n) is 3.87. The van der Waals surface area contributed by atoms with Crippen molar-refractivity contribution in [1.82, 2.24) is 0 Å². The highest BCUT2D eigenvalue weighted by atomic mass is 16.6. The van der Waals surface area contributed by atoms with E-state index in [1.165, 1.54) is 25.7 Å². The van der Waals surface area contributed by atoms with Crippen molar-refractivity contribution in [1.29, 1.82) is 0 Å². The maximum Gasteiger partial charge on any atom is 0.0735 e. The van der Waals surface area contributed by atoms with Crippen LogP contribution in [0.4, 0.5) is 0 Å². The van der Waals surface area contributed by atoms with Crippen molar-refractivity contribution in [3.63, 3.8) is 0 Å². The Labute approximate surface area is 75.4 Å². The fourth-order valence-electron chi connectivity index (χ4n) is 2.47. The fourth-order valence-corrected chi connectivity index (χ4v) is 2.47. The average Bonchev–Trinajstić information content (AvgIpc) is 1.84. The molecule has 72 valence electrons. The van der Waals surface area contributed by atoms with E-state index in [1.807, 2.05) is 0 Å². The lowest BCUT2D eigenvalue weighted by atomic mass is 9.53. The van der Waals surface area contributed by atoms with Gasteiger partial charge in [-0.2, -0.15) is 0 Å². The summed E-state index contributed by atoms with van der Waals surface area (Å²) in [6.45, 7) is 7.49. The summed E-state index contributed by atoms with van der Waals surface area (Å²) in [7, 11) is 0. The minimum absolute atomic E-state index is 0.245. The lowest BCUT2D eigenvalue weighted by molar-refractivity contribution is -0.0764. The van der Waals surface area contributed by atoms with E-state index in [4.69, 9.17) is 10.7 Å². The molecule has 1 fully saturated rings. The van der Waals surface area contributed by atoms with E-state index >= 15 is 0 Å². The zero-order valence-corrected chi connectivity index (χ0v) is 8.52. The van der Waals surface area contributed by atoms with Gasteiger partial charge in [-0.05, 0) is 30.1 Å². The third-order valence-corrected chi connectivity index (χ3v) is 3.87. The summed E-state index contributed by atoms with van der Waals surface area (Å²) in [5.41, 5.74) is 0.751. The molecule has 2 heteroatoms. The van der Waals surface area contributed by atoms with Gasteiger partial charge in [-0.15, -0.1) is 0 Å². The molecule has 0 aromatic rings. The van der Waals surface area contributed by atoms with Gasteiger partial charge < -0.3 is 4.84 Å². The van der Waals surface area contributed by atoms with Crippen LogP contribution >= 0.6 is 0 Å². The smallest absolute Gasteiger partial charge is 0.0735 e. The fraction of sp³-hybridized carbons (Fsp3) is 1.00. The molecule has 2 nitrogen and oxygen atoms in total. The summed E-state index contributed by atoms with van der Waals surface area (Å²) >= 11 is 0. The topological polar surface area (TPSA) is 35.2 Å². The second kappa shape index (κ2) is 3.35. The van der Waals surface area contributed by atoms with Crippen LogP contribution in [0.1, 0.15) is 46.5 Å². The van der Waals surface area contributed by atoms with Gasteiger partial charge >= 0.3 is 0 Å². The van der Waals surface area contributed by atoms with Gasteiger partial charge in [0.25, 0.3) is 0 Å². The van der Waals surface area contributed by atoms with Crippen molar-refractivity contribution in [2.75, 3.05) is 6.61 Å². The Kier molecular flexibility index (Phi) is 2.79. The summed E-state index contributed by atoms with van der Waals surface area (Å²) in [5.74, 6) is 5.14. The third kappa shape index (κ3) is 1.38. The molecule has 0 saturated heterocycles. The zero-order chi connectivity index (χ0) is 9.24. The molecule has 0 aromatic heterocycles. The zero-order valence-electron chi connectivity index (χ0n) is 8.52. The molecule has 1 aliphatic carbocycles. The van der Waals surface area contributed by atoms with Crippen LogP contribution in [0.15, 0.2) is 0 Å². The van der Waals surface area contributed by atoms with Crippen LogP contribution < -0.4 is 5.90 Å². The van der Waals surface area contributed by atoms with Gasteiger partial charge in [0.05, 0.1) is 6.61 Å². The minimum Gasteiger partial charge on any atom is -0.304 e. The van der Waals surface area contributed by atoms with Crippen LogP contribution in [0.25, 0.3) is 0 Å². The summed E-state index contributed by atoms with van der Waals surface area (Å²) in [5, 5.41) is 0. The Hall–Kier alpha value is -0.0800. The number of hydrogen-bond acceptors (Lipinski definition) is 2. The van der Waals surface area contributed by atoms with Gasteiger partial charge in [0, 0.05) is 0 Å². The summed E-state index contributed by atoms with van der Waals surface area (Å²) in [6.07, 6.45) is 5.32. The average molecular weight is 171 g/mol. The van der Waals surface area contributed by atoms with Crippen LogP contribution in [0.2, 0.25) is 0 Å². The van der Waals surface area contributed by atoms with Crippen LogP contribution in [0.5, 0.6) is 0 Å². The molecule has 0 atom stereocenters. The van der Waals surface area contributed by atoms with Gasteiger partial charge in [0.2, 0.25) is 0 Å². The first-order valence-corrected chi connectivity index (χ1v) is 4.90. The van der Waals surface area contributed by atoms with E-state index < -0.39 is 0 Å². The van der Waals surface area contributed by atoms with Crippen molar-refractivity contribution < 1.29 is 4.84 Å². The van der Waals surface area contributed by atoms with Crippen molar-refractivity contribution in [3.05, 3.63) is 0 Å². The molecule has 1 saturated carbocycles. The highest BCUT2D eigenvalue weighted by Gasteiger charge is 2.47. The molecule has 1 aliphatic rings. The highest BCUT2D eigenvalue weighted by Crippen LogP contribution is 2.56. The Morgan fingerprint density at radius 1 is 1.42 bits per heavy atom. The largest absolute Gasteiger partial charge is 0.304 e. The van der Waals surface area contributed by atoms with Crippen LogP contribution in [0.3, 0.4) is 0 Å². The monoisotopic (exact) mass is 171 g/mol. The molecule has 12 heavy (non-hydrogen) atoms. The second-order valence-corrected chi connectivity index (χ2v) is 4.68. The molecule has 0 heterocycles. The van der Waals surface area contributed by atoms with Gasteiger partial charge in [0.1, 0.15) is 0 Å². The lowest BCUT2D eigenvalue weighted by Crippen LogP contribution is -2.46. The molecule has 0 amide bonds. The lowest BCUT2D eigenvalue weighted by Gasteiger charge is -2.52. The van der Waals surface area contributed by atoms with E-state index in [9.17, 15) is 0 Å². The number of rotatable bonds is 4. The molecular formula is C10H21NO. The molecule has 0 radical (unpaired) electrons. The van der Waals surface area contributed by atoms with Crippen LogP contribution in [-0.2, 0) is 4.84 Å². The van der Waals surface area contributed by atoms with Gasteiger partial charge in [-0.1, -0.05) is 27.2 Å². The van der Waals surface area contributed by atoms with Gasteiger partial charge in [0.15, 0.2) is 0 Å². The summed E-state index contributed by atoms with van der Waals surface area (Å²) in [4.78, 5) is 4.79. The molecule has 0 aromatic carbocycles. The Morgan fingerprint density at radius 2 is 2.00 bits per heavy atom. The quantitative estimate of drug-likeness (QED) is 0.659. The normalized spacial score (nSPS) is 22.0. The molecule has 0 spiro atoms. The predicted octanol–water partition coefficient (Wildman–Crippen LogP) is 2.48. The van der Waals surface area contributed by atoms with Crippen molar-refractivity contribution in [3.8, 4) is 0 Å². The van der Waals surface area contributed by atoms with Crippen molar-refractivity contribution in [2.24, 2.45) is 16.7 Å². The minimum atomic E-state index is 0.245.